The molecule has 0 aliphatic rings. The molecule has 0 heterocycles. The predicted molar refractivity (Wildman–Crippen MR) is 115 cm³/mol. The van der Waals surface area contributed by atoms with Gasteiger partial charge in [-0.2, -0.15) is 0 Å². The average Bonchev–Trinajstić information content (AvgIpc) is 2.70. The first-order chi connectivity index (χ1) is 13.7. The molecule has 0 saturated heterocycles. The summed E-state index contributed by atoms with van der Waals surface area (Å²) in [6.45, 7) is 6.55. The highest BCUT2D eigenvalue weighted by atomic mass is 35.5. The van der Waals surface area contributed by atoms with Crippen molar-refractivity contribution in [3.63, 3.8) is 0 Å². The van der Waals surface area contributed by atoms with Crippen LogP contribution in [0.5, 0.6) is 11.5 Å². The second-order valence-corrected chi connectivity index (χ2v) is 7.11. The largest absolute Gasteiger partial charge is 0.490 e. The van der Waals surface area contributed by atoms with Gasteiger partial charge in [-0.1, -0.05) is 71.8 Å². The van der Waals surface area contributed by atoms with Gasteiger partial charge in [-0.3, -0.25) is 0 Å². The molecular weight excluding hydrogens is 370 g/mol. The number of rotatable bonds is 9. The third kappa shape index (κ3) is 5.75. The zero-order chi connectivity index (χ0) is 19.8. The standard InChI is InChI=1S/C24H26ClNO2/c1-3-27-23-14-21(16-26-15-19-11-9-18(2)10-12-19)13-22(25)24(23)28-17-20-7-5-4-6-8-20/h4-14,26H,3,15-17H2,1-2H3. The molecule has 146 valence electrons. The molecule has 0 radical (unpaired) electrons. The summed E-state index contributed by atoms with van der Waals surface area (Å²) in [5.41, 5.74) is 4.67. The zero-order valence-corrected chi connectivity index (χ0v) is 17.1. The van der Waals surface area contributed by atoms with E-state index < -0.39 is 0 Å². The van der Waals surface area contributed by atoms with Gasteiger partial charge in [-0.05, 0) is 42.7 Å². The quantitative estimate of drug-likeness (QED) is 0.488. The Morgan fingerprint density at radius 1 is 0.821 bits per heavy atom. The third-order valence-electron chi connectivity index (χ3n) is 4.37. The van der Waals surface area contributed by atoms with Gasteiger partial charge in [-0.25, -0.2) is 0 Å². The van der Waals surface area contributed by atoms with Crippen LogP contribution in [0.1, 0.15) is 29.2 Å². The zero-order valence-electron chi connectivity index (χ0n) is 16.4. The Labute approximate surface area is 172 Å². The van der Waals surface area contributed by atoms with E-state index in [2.05, 4.69) is 36.5 Å². The number of ether oxygens (including phenoxy) is 2. The van der Waals surface area contributed by atoms with Gasteiger partial charge in [-0.15, -0.1) is 0 Å². The van der Waals surface area contributed by atoms with Crippen LogP contribution in [-0.4, -0.2) is 6.61 Å². The lowest BCUT2D eigenvalue weighted by Crippen LogP contribution is -2.13. The fourth-order valence-electron chi connectivity index (χ4n) is 2.91. The first kappa shape index (κ1) is 20.2. The molecule has 0 fully saturated rings. The lowest BCUT2D eigenvalue weighted by molar-refractivity contribution is 0.269. The fourth-order valence-corrected chi connectivity index (χ4v) is 3.20. The molecule has 28 heavy (non-hydrogen) atoms. The van der Waals surface area contributed by atoms with E-state index in [0.717, 1.165) is 17.7 Å². The van der Waals surface area contributed by atoms with Crippen LogP contribution in [0.4, 0.5) is 0 Å². The minimum absolute atomic E-state index is 0.450. The maximum Gasteiger partial charge on any atom is 0.180 e. The normalized spacial score (nSPS) is 10.7. The van der Waals surface area contributed by atoms with E-state index in [-0.39, 0.29) is 0 Å². The number of hydrogen-bond acceptors (Lipinski definition) is 3. The van der Waals surface area contributed by atoms with E-state index in [0.29, 0.717) is 36.3 Å². The van der Waals surface area contributed by atoms with Crippen molar-refractivity contribution in [3.8, 4) is 11.5 Å². The van der Waals surface area contributed by atoms with Gasteiger partial charge >= 0.3 is 0 Å². The van der Waals surface area contributed by atoms with E-state index in [4.69, 9.17) is 21.1 Å². The molecule has 1 N–H and O–H groups in total. The highest BCUT2D eigenvalue weighted by molar-refractivity contribution is 6.32. The maximum absolute atomic E-state index is 6.52. The van der Waals surface area contributed by atoms with Crippen molar-refractivity contribution in [1.29, 1.82) is 0 Å². The lowest BCUT2D eigenvalue weighted by Gasteiger charge is -2.16. The predicted octanol–water partition coefficient (Wildman–Crippen LogP) is 5.92. The second-order valence-electron chi connectivity index (χ2n) is 6.70. The molecule has 0 amide bonds. The molecule has 3 nitrogen and oxygen atoms in total. The summed E-state index contributed by atoms with van der Waals surface area (Å²) in [6.07, 6.45) is 0. The second kappa shape index (κ2) is 10.2. The third-order valence-corrected chi connectivity index (χ3v) is 4.65. The Morgan fingerprint density at radius 2 is 1.54 bits per heavy atom. The van der Waals surface area contributed by atoms with Crippen molar-refractivity contribution >= 4 is 11.6 Å². The van der Waals surface area contributed by atoms with Crippen LogP contribution in [-0.2, 0) is 19.7 Å². The summed E-state index contributed by atoms with van der Waals surface area (Å²) < 4.78 is 11.8. The molecular formula is C24H26ClNO2. The van der Waals surface area contributed by atoms with Gasteiger partial charge in [0.25, 0.3) is 0 Å². The minimum Gasteiger partial charge on any atom is -0.490 e. The van der Waals surface area contributed by atoms with Gasteiger partial charge in [0.2, 0.25) is 0 Å². The summed E-state index contributed by atoms with van der Waals surface area (Å²) in [4.78, 5) is 0. The Bertz CT molecular complexity index is 879. The van der Waals surface area contributed by atoms with Crippen molar-refractivity contribution in [1.82, 2.24) is 5.32 Å². The summed E-state index contributed by atoms with van der Waals surface area (Å²) in [5, 5.41) is 4.02. The highest BCUT2D eigenvalue weighted by Gasteiger charge is 2.13. The molecule has 0 aromatic heterocycles. The lowest BCUT2D eigenvalue weighted by atomic mass is 10.1. The Morgan fingerprint density at radius 3 is 2.25 bits per heavy atom. The van der Waals surface area contributed by atoms with Gasteiger partial charge in [0.15, 0.2) is 11.5 Å². The van der Waals surface area contributed by atoms with Crippen LogP contribution in [0.3, 0.4) is 0 Å². The van der Waals surface area contributed by atoms with Gasteiger partial charge in [0, 0.05) is 13.1 Å². The molecule has 3 aromatic carbocycles. The molecule has 0 aliphatic carbocycles. The molecule has 0 aliphatic heterocycles. The summed E-state index contributed by atoms with van der Waals surface area (Å²) in [7, 11) is 0. The molecule has 0 spiro atoms. The van der Waals surface area contributed by atoms with E-state index >= 15 is 0 Å². The first-order valence-corrected chi connectivity index (χ1v) is 9.91. The summed E-state index contributed by atoms with van der Waals surface area (Å²) in [6, 6.07) is 22.5. The summed E-state index contributed by atoms with van der Waals surface area (Å²) >= 11 is 6.52. The average molecular weight is 396 g/mol. The van der Waals surface area contributed by atoms with Crippen LogP contribution >= 0.6 is 11.6 Å². The topological polar surface area (TPSA) is 30.5 Å². The van der Waals surface area contributed by atoms with Crippen molar-refractivity contribution in [2.75, 3.05) is 6.61 Å². The molecule has 3 aromatic rings. The Hall–Kier alpha value is -2.49. The monoisotopic (exact) mass is 395 g/mol. The smallest absolute Gasteiger partial charge is 0.180 e. The van der Waals surface area contributed by atoms with Crippen LogP contribution < -0.4 is 14.8 Å². The molecule has 0 unspecified atom stereocenters. The van der Waals surface area contributed by atoms with Crippen LogP contribution in [0.15, 0.2) is 66.7 Å². The van der Waals surface area contributed by atoms with Crippen molar-refractivity contribution in [3.05, 3.63) is 94.0 Å². The molecule has 0 bridgehead atoms. The van der Waals surface area contributed by atoms with Crippen LogP contribution in [0, 0.1) is 6.92 Å². The number of halogens is 1. The minimum atomic E-state index is 0.450. The van der Waals surface area contributed by atoms with Gasteiger partial charge < -0.3 is 14.8 Å². The number of benzene rings is 3. The molecule has 0 atom stereocenters. The SMILES string of the molecule is CCOc1cc(CNCc2ccc(C)cc2)cc(Cl)c1OCc1ccccc1. The van der Waals surface area contributed by atoms with Crippen molar-refractivity contribution in [2.45, 2.75) is 33.5 Å². The van der Waals surface area contributed by atoms with Crippen molar-refractivity contribution < 1.29 is 9.47 Å². The highest BCUT2D eigenvalue weighted by Crippen LogP contribution is 2.37. The maximum atomic E-state index is 6.52. The van der Waals surface area contributed by atoms with Crippen LogP contribution in [0.2, 0.25) is 5.02 Å². The van der Waals surface area contributed by atoms with Gasteiger partial charge in [0.05, 0.1) is 11.6 Å². The van der Waals surface area contributed by atoms with E-state index in [9.17, 15) is 0 Å². The Kier molecular flexibility index (Phi) is 7.35. The first-order valence-electron chi connectivity index (χ1n) is 9.54. The van der Waals surface area contributed by atoms with E-state index in [1.54, 1.807) is 0 Å². The Balaban J connectivity index is 1.66. The number of aryl methyl sites for hydroxylation is 1. The van der Waals surface area contributed by atoms with Crippen molar-refractivity contribution in [2.24, 2.45) is 0 Å². The number of nitrogens with one attached hydrogen (secondary N) is 1. The van der Waals surface area contributed by atoms with Crippen LogP contribution in [0.25, 0.3) is 0 Å². The molecule has 4 heteroatoms. The summed E-state index contributed by atoms with van der Waals surface area (Å²) in [5.74, 6) is 1.27. The fraction of sp³-hybridized carbons (Fsp3) is 0.250. The molecule has 0 saturated carbocycles. The number of hydrogen-bond donors (Lipinski definition) is 1. The molecule has 3 rings (SSSR count). The van der Waals surface area contributed by atoms with E-state index in [1.165, 1.54) is 11.1 Å². The van der Waals surface area contributed by atoms with Gasteiger partial charge in [0.1, 0.15) is 6.61 Å². The van der Waals surface area contributed by atoms with E-state index in [1.807, 2.05) is 49.4 Å².